The number of hydrogen-bond donors (Lipinski definition) is 1. The summed E-state index contributed by atoms with van der Waals surface area (Å²) in [6.45, 7) is 5.23. The molecule has 1 saturated heterocycles. The molecule has 18 heavy (non-hydrogen) atoms. The average molecular weight is 263 g/mol. The summed E-state index contributed by atoms with van der Waals surface area (Å²) in [5.74, 6) is -1.17. The Kier molecular flexibility index (Phi) is 5.42. The van der Waals surface area contributed by atoms with E-state index in [2.05, 4.69) is 11.4 Å². The molecule has 0 amide bonds. The zero-order valence-electron chi connectivity index (χ0n) is 10.8. The Labute approximate surface area is 106 Å². The van der Waals surface area contributed by atoms with Gasteiger partial charge >= 0.3 is 6.18 Å². The molecule has 0 aromatic heterocycles. The Bertz CT molecular complexity index is 288. The van der Waals surface area contributed by atoms with E-state index < -0.39 is 12.1 Å². The second kappa shape index (κ2) is 6.39. The molecule has 1 fully saturated rings. The van der Waals surface area contributed by atoms with Crippen molar-refractivity contribution < 1.29 is 13.2 Å². The van der Waals surface area contributed by atoms with Crippen molar-refractivity contribution >= 4 is 0 Å². The summed E-state index contributed by atoms with van der Waals surface area (Å²) in [6, 6.07) is 2.03. The van der Waals surface area contributed by atoms with E-state index in [0.29, 0.717) is 19.6 Å². The van der Waals surface area contributed by atoms with Crippen LogP contribution < -0.4 is 5.32 Å². The number of nitrogens with zero attached hydrogens (tertiary/aromatic N) is 2. The van der Waals surface area contributed by atoms with Crippen molar-refractivity contribution in [3.8, 4) is 6.07 Å². The van der Waals surface area contributed by atoms with E-state index >= 15 is 0 Å². The van der Waals surface area contributed by atoms with Crippen molar-refractivity contribution in [2.75, 3.05) is 19.6 Å². The molecule has 1 aliphatic rings. The maximum absolute atomic E-state index is 12.5. The van der Waals surface area contributed by atoms with Crippen LogP contribution in [0.5, 0.6) is 0 Å². The van der Waals surface area contributed by atoms with Crippen LogP contribution in [0.3, 0.4) is 0 Å². The molecule has 104 valence electrons. The van der Waals surface area contributed by atoms with E-state index in [1.807, 2.05) is 18.7 Å². The van der Waals surface area contributed by atoms with Gasteiger partial charge in [-0.05, 0) is 39.8 Å². The fourth-order valence-corrected chi connectivity index (χ4v) is 2.23. The van der Waals surface area contributed by atoms with Crippen molar-refractivity contribution in [2.24, 2.45) is 5.92 Å². The Morgan fingerprint density at radius 1 is 1.33 bits per heavy atom. The van der Waals surface area contributed by atoms with Crippen LogP contribution in [-0.4, -0.2) is 42.8 Å². The van der Waals surface area contributed by atoms with Gasteiger partial charge in [-0.1, -0.05) is 0 Å². The molecule has 0 aliphatic carbocycles. The molecule has 0 radical (unpaired) electrons. The maximum atomic E-state index is 12.5. The summed E-state index contributed by atoms with van der Waals surface area (Å²) >= 11 is 0. The van der Waals surface area contributed by atoms with Gasteiger partial charge in [0.2, 0.25) is 0 Å². The zero-order chi connectivity index (χ0) is 13.8. The van der Waals surface area contributed by atoms with Gasteiger partial charge in [-0.2, -0.15) is 18.4 Å². The SMILES string of the molecule is CC(C)NC(C#N)CN1CCC(C(F)(F)F)CC1. The summed E-state index contributed by atoms with van der Waals surface area (Å²) in [6.07, 6.45) is -3.79. The van der Waals surface area contributed by atoms with Gasteiger partial charge in [0.05, 0.1) is 12.0 Å². The largest absolute Gasteiger partial charge is 0.391 e. The lowest BCUT2D eigenvalue weighted by Gasteiger charge is -2.34. The number of alkyl halides is 3. The maximum Gasteiger partial charge on any atom is 0.391 e. The molecular weight excluding hydrogens is 243 g/mol. The molecular formula is C12H20F3N3. The summed E-state index contributed by atoms with van der Waals surface area (Å²) in [7, 11) is 0. The molecule has 0 bridgehead atoms. The zero-order valence-corrected chi connectivity index (χ0v) is 10.8. The van der Waals surface area contributed by atoms with E-state index in [1.165, 1.54) is 0 Å². The highest BCUT2D eigenvalue weighted by atomic mass is 19.4. The van der Waals surface area contributed by atoms with Crippen LogP contribution in [0.4, 0.5) is 13.2 Å². The second-order valence-corrected chi connectivity index (χ2v) is 5.12. The number of nitrogens with one attached hydrogen (secondary N) is 1. The highest BCUT2D eigenvalue weighted by molar-refractivity contribution is 4.94. The van der Waals surface area contributed by atoms with Crippen molar-refractivity contribution in [1.82, 2.24) is 10.2 Å². The van der Waals surface area contributed by atoms with Gasteiger partial charge in [-0.15, -0.1) is 0 Å². The Morgan fingerprint density at radius 2 is 1.89 bits per heavy atom. The predicted molar refractivity (Wildman–Crippen MR) is 62.9 cm³/mol. The lowest BCUT2D eigenvalue weighted by Crippen LogP contribution is -2.47. The molecule has 1 atom stereocenters. The van der Waals surface area contributed by atoms with Crippen LogP contribution in [0.1, 0.15) is 26.7 Å². The van der Waals surface area contributed by atoms with E-state index in [9.17, 15) is 13.2 Å². The number of likely N-dealkylation sites (tertiary alicyclic amines) is 1. The molecule has 6 heteroatoms. The molecule has 0 saturated carbocycles. The highest BCUT2D eigenvalue weighted by Crippen LogP contribution is 2.33. The third-order valence-electron chi connectivity index (χ3n) is 3.18. The monoisotopic (exact) mass is 263 g/mol. The van der Waals surface area contributed by atoms with Crippen molar-refractivity contribution in [3.05, 3.63) is 0 Å². The minimum absolute atomic E-state index is 0.142. The van der Waals surface area contributed by atoms with E-state index in [4.69, 9.17) is 5.26 Å². The minimum Gasteiger partial charge on any atom is -0.301 e. The standard InChI is InChI=1S/C12H20F3N3/c1-9(2)17-11(7-16)8-18-5-3-10(4-6-18)12(13,14)15/h9-11,17H,3-6,8H2,1-2H3. The topological polar surface area (TPSA) is 39.1 Å². The number of hydrogen-bond acceptors (Lipinski definition) is 3. The quantitative estimate of drug-likeness (QED) is 0.844. The Morgan fingerprint density at radius 3 is 2.28 bits per heavy atom. The lowest BCUT2D eigenvalue weighted by molar-refractivity contribution is -0.185. The Hall–Kier alpha value is -0.800. The smallest absolute Gasteiger partial charge is 0.301 e. The third-order valence-corrected chi connectivity index (χ3v) is 3.18. The van der Waals surface area contributed by atoms with E-state index in [0.717, 1.165) is 0 Å². The first-order valence-electron chi connectivity index (χ1n) is 6.27. The summed E-state index contributed by atoms with van der Waals surface area (Å²) in [4.78, 5) is 1.94. The molecule has 0 aromatic carbocycles. The van der Waals surface area contributed by atoms with Crippen LogP contribution in [0.2, 0.25) is 0 Å². The number of halogens is 3. The van der Waals surface area contributed by atoms with Crippen molar-refractivity contribution in [1.29, 1.82) is 5.26 Å². The summed E-state index contributed by atoms with van der Waals surface area (Å²) in [5.41, 5.74) is 0. The molecule has 1 N–H and O–H groups in total. The predicted octanol–water partition coefficient (Wildman–Crippen LogP) is 2.15. The summed E-state index contributed by atoms with van der Waals surface area (Å²) in [5, 5.41) is 12.1. The fraction of sp³-hybridized carbons (Fsp3) is 0.917. The van der Waals surface area contributed by atoms with Gasteiger partial charge in [0.1, 0.15) is 6.04 Å². The van der Waals surface area contributed by atoms with Crippen molar-refractivity contribution in [2.45, 2.75) is 44.9 Å². The molecule has 3 nitrogen and oxygen atoms in total. The van der Waals surface area contributed by atoms with Gasteiger partial charge < -0.3 is 4.90 Å². The lowest BCUT2D eigenvalue weighted by atomic mass is 9.96. The number of rotatable bonds is 4. The molecule has 0 spiro atoms. The molecule has 0 aromatic rings. The third kappa shape index (κ3) is 4.83. The highest BCUT2D eigenvalue weighted by Gasteiger charge is 2.41. The average Bonchev–Trinajstić information content (AvgIpc) is 2.27. The van der Waals surface area contributed by atoms with Gasteiger partial charge in [0.25, 0.3) is 0 Å². The first-order chi connectivity index (χ1) is 8.32. The number of piperidine rings is 1. The first-order valence-corrected chi connectivity index (χ1v) is 6.27. The van der Waals surface area contributed by atoms with Crippen LogP contribution in [-0.2, 0) is 0 Å². The summed E-state index contributed by atoms with van der Waals surface area (Å²) < 4.78 is 37.5. The Balaban J connectivity index is 2.37. The van der Waals surface area contributed by atoms with Crippen LogP contribution >= 0.6 is 0 Å². The van der Waals surface area contributed by atoms with Gasteiger partial charge in [-0.3, -0.25) is 5.32 Å². The molecule has 1 aliphatic heterocycles. The fourth-order valence-electron chi connectivity index (χ4n) is 2.23. The van der Waals surface area contributed by atoms with Crippen molar-refractivity contribution in [3.63, 3.8) is 0 Å². The van der Waals surface area contributed by atoms with E-state index in [-0.39, 0.29) is 24.9 Å². The first kappa shape index (κ1) is 15.3. The molecule has 1 unspecified atom stereocenters. The van der Waals surface area contributed by atoms with Gasteiger partial charge in [-0.25, -0.2) is 0 Å². The van der Waals surface area contributed by atoms with Gasteiger partial charge in [0.15, 0.2) is 0 Å². The van der Waals surface area contributed by atoms with Gasteiger partial charge in [0, 0.05) is 12.6 Å². The normalized spacial score (nSPS) is 20.9. The van der Waals surface area contributed by atoms with Crippen LogP contribution in [0, 0.1) is 17.2 Å². The molecule has 1 heterocycles. The second-order valence-electron chi connectivity index (χ2n) is 5.12. The number of nitriles is 1. The minimum atomic E-state index is -4.07. The molecule has 1 rings (SSSR count). The van der Waals surface area contributed by atoms with E-state index in [1.54, 1.807) is 0 Å². The van der Waals surface area contributed by atoms with Crippen LogP contribution in [0.25, 0.3) is 0 Å². The van der Waals surface area contributed by atoms with Crippen LogP contribution in [0.15, 0.2) is 0 Å².